The molecule has 2 saturated heterocycles. The summed E-state index contributed by atoms with van der Waals surface area (Å²) in [6.45, 7) is 8.14. The highest BCUT2D eigenvalue weighted by Crippen LogP contribution is 2.46. The van der Waals surface area contributed by atoms with Crippen molar-refractivity contribution in [2.24, 2.45) is 0 Å². The quantitative estimate of drug-likeness (QED) is 0.192. The molecule has 278 valence electrons. The van der Waals surface area contributed by atoms with Gasteiger partial charge < -0.3 is 30.3 Å². The van der Waals surface area contributed by atoms with Gasteiger partial charge in [0.2, 0.25) is 10.0 Å². The molecule has 6 rings (SSSR count). The number of ether oxygens (including phenoxy) is 2. The molecule has 3 fully saturated rings. The molecule has 51 heavy (non-hydrogen) atoms. The summed E-state index contributed by atoms with van der Waals surface area (Å²) in [6, 6.07) is 21.5. The predicted molar refractivity (Wildman–Crippen MR) is 196 cm³/mol. The fourth-order valence-electron chi connectivity index (χ4n) is 6.81. The number of benzene rings is 3. The highest BCUT2D eigenvalue weighted by atomic mass is 32.2. The Kier molecular flexibility index (Phi) is 11.0. The number of rotatable bonds is 14. The molecule has 2 atom stereocenters. The van der Waals surface area contributed by atoms with Gasteiger partial charge >= 0.3 is 0 Å². The van der Waals surface area contributed by atoms with Crippen LogP contribution >= 0.6 is 0 Å². The lowest BCUT2D eigenvalue weighted by Gasteiger charge is -2.38. The third-order valence-electron chi connectivity index (χ3n) is 10.3. The molecule has 2 heterocycles. The van der Waals surface area contributed by atoms with Crippen molar-refractivity contribution in [1.29, 1.82) is 0 Å². The maximum atomic E-state index is 13.7. The van der Waals surface area contributed by atoms with Gasteiger partial charge in [0.25, 0.3) is 0 Å². The van der Waals surface area contributed by atoms with Gasteiger partial charge in [-0.25, -0.2) is 16.8 Å². The van der Waals surface area contributed by atoms with Crippen LogP contribution in [-0.2, 0) is 31.1 Å². The van der Waals surface area contributed by atoms with Crippen molar-refractivity contribution in [2.75, 3.05) is 39.5 Å². The Morgan fingerprint density at radius 3 is 2.27 bits per heavy atom. The molecule has 11 nitrogen and oxygen atoms in total. The maximum Gasteiger partial charge on any atom is 0.243 e. The van der Waals surface area contributed by atoms with Crippen molar-refractivity contribution in [3.63, 3.8) is 0 Å². The van der Waals surface area contributed by atoms with E-state index in [1.807, 2.05) is 18.2 Å². The molecule has 0 bridgehead atoms. The molecule has 1 unspecified atom stereocenters. The summed E-state index contributed by atoms with van der Waals surface area (Å²) in [5.41, 5.74) is 2.58. The van der Waals surface area contributed by atoms with Crippen molar-refractivity contribution in [2.45, 2.75) is 97.2 Å². The number of nitrogens with zero attached hydrogens (tertiary/aromatic N) is 1. The van der Waals surface area contributed by atoms with E-state index in [-0.39, 0.29) is 34.5 Å². The molecular weight excluding hydrogens is 691 g/mol. The van der Waals surface area contributed by atoms with E-state index in [1.165, 1.54) is 12.1 Å². The third kappa shape index (κ3) is 8.68. The second kappa shape index (κ2) is 14.9. The van der Waals surface area contributed by atoms with Crippen LogP contribution in [0.25, 0.3) is 11.1 Å². The number of aliphatic hydroxyl groups excluding tert-OH is 2. The molecule has 1 saturated carbocycles. The van der Waals surface area contributed by atoms with Gasteiger partial charge in [-0.15, -0.1) is 0 Å². The first kappa shape index (κ1) is 37.9. The van der Waals surface area contributed by atoms with Gasteiger partial charge in [-0.2, -0.15) is 4.31 Å². The molecule has 3 aliphatic rings. The van der Waals surface area contributed by atoms with Gasteiger partial charge in [0.1, 0.15) is 18.5 Å². The number of piperidine rings is 1. The smallest absolute Gasteiger partial charge is 0.243 e. The molecule has 0 radical (unpaired) electrons. The van der Waals surface area contributed by atoms with Crippen molar-refractivity contribution >= 4 is 19.9 Å². The molecule has 1 aliphatic carbocycles. The van der Waals surface area contributed by atoms with Crippen molar-refractivity contribution in [1.82, 2.24) is 14.9 Å². The zero-order valence-corrected chi connectivity index (χ0v) is 31.3. The summed E-state index contributed by atoms with van der Waals surface area (Å²) in [5, 5.41) is 27.0. The predicted octanol–water partition coefficient (Wildman–Crippen LogP) is 3.88. The minimum absolute atomic E-state index is 0.00296. The molecule has 4 N–H and O–H groups in total. The summed E-state index contributed by atoms with van der Waals surface area (Å²) < 4.78 is 65.8. The highest BCUT2D eigenvalue weighted by Gasteiger charge is 2.54. The van der Waals surface area contributed by atoms with Crippen molar-refractivity contribution in [3.8, 4) is 16.9 Å². The second-order valence-electron chi connectivity index (χ2n) is 15.3. The Bertz CT molecular complexity index is 1880. The normalized spacial score (nSPS) is 21.1. The van der Waals surface area contributed by atoms with Crippen LogP contribution < -0.4 is 15.4 Å². The summed E-state index contributed by atoms with van der Waals surface area (Å²) in [7, 11) is -7.37. The fourth-order valence-corrected chi connectivity index (χ4v) is 10.1. The van der Waals surface area contributed by atoms with Crippen LogP contribution in [0.3, 0.4) is 0 Å². The Labute approximate surface area is 302 Å². The Morgan fingerprint density at radius 1 is 0.922 bits per heavy atom. The first-order chi connectivity index (χ1) is 24.1. The number of sulfonamides is 1. The molecule has 0 amide bonds. The van der Waals surface area contributed by atoms with E-state index in [0.717, 1.165) is 23.2 Å². The third-order valence-corrected chi connectivity index (χ3v) is 14.7. The zero-order valence-electron chi connectivity index (χ0n) is 29.7. The van der Waals surface area contributed by atoms with E-state index in [9.17, 15) is 27.0 Å². The Hall–Kier alpha value is -2.88. The minimum Gasteiger partial charge on any atom is -0.491 e. The van der Waals surface area contributed by atoms with Gasteiger partial charge in [0.05, 0.1) is 33.4 Å². The second-order valence-corrected chi connectivity index (χ2v) is 19.6. The van der Waals surface area contributed by atoms with Gasteiger partial charge in [0.15, 0.2) is 9.84 Å². The number of hydrogen-bond donors (Lipinski definition) is 4. The number of nitrogens with one attached hydrogen (secondary N) is 2. The molecule has 1 spiro atoms. The average molecular weight is 742 g/mol. The van der Waals surface area contributed by atoms with E-state index in [1.54, 1.807) is 34.6 Å². The van der Waals surface area contributed by atoms with E-state index in [0.29, 0.717) is 57.6 Å². The zero-order chi connectivity index (χ0) is 36.5. The van der Waals surface area contributed by atoms with Gasteiger partial charge in [-0.3, -0.25) is 0 Å². The van der Waals surface area contributed by atoms with Crippen LogP contribution in [0.4, 0.5) is 0 Å². The van der Waals surface area contributed by atoms with Crippen molar-refractivity contribution < 1.29 is 36.5 Å². The van der Waals surface area contributed by atoms with Gasteiger partial charge in [-0.1, -0.05) is 42.5 Å². The molecule has 2 aliphatic heterocycles. The molecule has 3 aromatic rings. The van der Waals surface area contributed by atoms with Crippen LogP contribution in [0.15, 0.2) is 82.6 Å². The maximum absolute atomic E-state index is 13.7. The van der Waals surface area contributed by atoms with Crippen LogP contribution in [-0.4, -0.2) is 98.8 Å². The first-order valence-corrected chi connectivity index (χ1v) is 20.6. The SMILES string of the molecule is CC(C)(C)NCc1ccc(-c2cccc(S(=O)(=O)N3CCC4(CC3)C[C@@H](NCC(O)COc3cccc(S(=O)(=O)C5(CO)CC5)c3)CO4)c2)cc1. The topological polar surface area (TPSA) is 154 Å². The molecular formula is C38H51N3O8S2. The van der Waals surface area contributed by atoms with Crippen molar-refractivity contribution in [3.05, 3.63) is 78.4 Å². The van der Waals surface area contributed by atoms with Crippen LogP contribution in [0.1, 0.15) is 58.4 Å². The average Bonchev–Trinajstić information content (AvgIpc) is 3.85. The monoisotopic (exact) mass is 741 g/mol. The minimum atomic E-state index is -3.69. The van der Waals surface area contributed by atoms with E-state index in [2.05, 4.69) is 43.5 Å². The van der Waals surface area contributed by atoms with Crippen LogP contribution in [0.2, 0.25) is 0 Å². The van der Waals surface area contributed by atoms with E-state index >= 15 is 0 Å². The molecule has 13 heteroatoms. The van der Waals surface area contributed by atoms with Gasteiger partial charge in [0, 0.05) is 37.8 Å². The Morgan fingerprint density at radius 2 is 1.61 bits per heavy atom. The van der Waals surface area contributed by atoms with Crippen LogP contribution in [0, 0.1) is 0 Å². The largest absolute Gasteiger partial charge is 0.491 e. The van der Waals surface area contributed by atoms with E-state index < -0.39 is 42.9 Å². The molecule has 3 aromatic carbocycles. The van der Waals surface area contributed by atoms with Crippen LogP contribution in [0.5, 0.6) is 5.75 Å². The Balaban J connectivity index is 0.968. The summed E-state index contributed by atoms with van der Waals surface area (Å²) in [5.74, 6) is 0.332. The lowest BCUT2D eigenvalue weighted by Crippen LogP contribution is -2.47. The first-order valence-electron chi connectivity index (χ1n) is 17.7. The lowest BCUT2D eigenvalue weighted by molar-refractivity contribution is -0.0312. The summed E-state index contributed by atoms with van der Waals surface area (Å²) >= 11 is 0. The standard InChI is InChI=1S/C38H51N3O8S2/c1-36(2,3)40-23-28-10-12-29(13-11-28)30-6-4-9-35(20-30)51(46,47)41-18-16-37(17-19-41)22-31(25-49-37)39-24-32(43)26-48-33-7-5-8-34(21-33)50(44,45)38(27-42)14-15-38/h4-13,20-21,31-32,39-40,42-43H,14-19,22-27H2,1-3H3/t31-,32?/m1/s1. The van der Waals surface area contributed by atoms with E-state index in [4.69, 9.17) is 9.47 Å². The number of sulfone groups is 1. The molecule has 0 aromatic heterocycles. The number of hydrogen-bond acceptors (Lipinski definition) is 10. The van der Waals surface area contributed by atoms with Gasteiger partial charge in [-0.05, 0) is 99.9 Å². The number of aliphatic hydroxyl groups is 2. The fraction of sp³-hybridized carbons (Fsp3) is 0.526. The summed E-state index contributed by atoms with van der Waals surface area (Å²) in [6.07, 6.45) is 1.89. The lowest BCUT2D eigenvalue weighted by atomic mass is 9.88. The highest BCUT2D eigenvalue weighted by molar-refractivity contribution is 7.93. The summed E-state index contributed by atoms with van der Waals surface area (Å²) in [4.78, 5) is 0.383.